The lowest BCUT2D eigenvalue weighted by Crippen LogP contribution is -2.30. The molecule has 98 valence electrons. The Bertz CT molecular complexity index is 441. The third-order valence-corrected chi connectivity index (χ3v) is 3.76. The number of benzene rings is 1. The van der Waals surface area contributed by atoms with E-state index in [-0.39, 0.29) is 0 Å². The average Bonchev–Trinajstić information content (AvgIpc) is 2.38. The zero-order valence-electron chi connectivity index (χ0n) is 10.5. The van der Waals surface area contributed by atoms with E-state index < -0.39 is 11.9 Å². The molecule has 3 nitrogen and oxygen atoms in total. The summed E-state index contributed by atoms with van der Waals surface area (Å²) in [6.07, 6.45) is 3.60. The fourth-order valence-electron chi connectivity index (χ4n) is 2.43. The molecular weight excluding hydrogens is 250 g/mol. The van der Waals surface area contributed by atoms with Gasteiger partial charge in [0, 0.05) is 23.8 Å². The van der Waals surface area contributed by atoms with E-state index in [0.717, 1.165) is 24.3 Å². The van der Waals surface area contributed by atoms with Gasteiger partial charge in [-0.2, -0.15) is 0 Å². The summed E-state index contributed by atoms with van der Waals surface area (Å²) in [6, 6.07) is 5.57. The molecule has 0 saturated carbocycles. The molecule has 4 heteroatoms. The third-order valence-electron chi connectivity index (χ3n) is 3.52. The highest BCUT2D eigenvalue weighted by Crippen LogP contribution is 2.32. The van der Waals surface area contributed by atoms with Crippen molar-refractivity contribution in [2.24, 2.45) is 0 Å². The minimum atomic E-state index is -0.810. The number of nitrogens with zero attached hydrogens (tertiary/aromatic N) is 1. The maximum absolute atomic E-state index is 11.2. The van der Waals surface area contributed by atoms with E-state index in [1.54, 1.807) is 13.0 Å². The molecule has 1 heterocycles. The van der Waals surface area contributed by atoms with Crippen LogP contribution in [0.4, 0.5) is 5.69 Å². The van der Waals surface area contributed by atoms with Gasteiger partial charge in [0.2, 0.25) is 0 Å². The van der Waals surface area contributed by atoms with Gasteiger partial charge >= 0.3 is 5.97 Å². The zero-order chi connectivity index (χ0) is 13.1. The minimum absolute atomic E-state index is 0.527. The first-order valence-electron chi connectivity index (χ1n) is 6.37. The smallest absolute Gasteiger partial charge is 0.310 e. The number of hydrogen-bond acceptors (Lipinski definition) is 2. The summed E-state index contributed by atoms with van der Waals surface area (Å²) in [5.74, 6) is -1.34. The van der Waals surface area contributed by atoms with E-state index in [1.165, 1.54) is 19.3 Å². The van der Waals surface area contributed by atoms with Crippen molar-refractivity contribution in [3.05, 3.63) is 28.8 Å². The number of rotatable bonds is 3. The Labute approximate surface area is 112 Å². The molecule has 18 heavy (non-hydrogen) atoms. The minimum Gasteiger partial charge on any atom is -0.481 e. The fourth-order valence-corrected chi connectivity index (χ4v) is 2.61. The molecule has 1 unspecified atom stereocenters. The Kier molecular flexibility index (Phi) is 4.12. The summed E-state index contributed by atoms with van der Waals surface area (Å²) in [5.41, 5.74) is 1.84. The molecule has 0 spiro atoms. The Morgan fingerprint density at radius 3 is 2.61 bits per heavy atom. The van der Waals surface area contributed by atoms with Crippen molar-refractivity contribution in [1.29, 1.82) is 0 Å². The number of aliphatic carboxylic acids is 1. The standard InChI is InChI=1S/C14H18ClNO2/c1-10(14(17)18)12-9-11(15)5-6-13(12)16-7-3-2-4-8-16/h5-6,9-10H,2-4,7-8H2,1H3,(H,17,18). The van der Waals surface area contributed by atoms with E-state index in [9.17, 15) is 9.90 Å². The summed E-state index contributed by atoms with van der Waals surface area (Å²) in [5, 5.41) is 9.78. The second-order valence-corrected chi connectivity index (χ2v) is 5.25. The number of hydrogen-bond donors (Lipinski definition) is 1. The molecule has 1 N–H and O–H groups in total. The van der Waals surface area contributed by atoms with Gasteiger partial charge in [-0.05, 0) is 49.9 Å². The Balaban J connectivity index is 2.36. The van der Waals surface area contributed by atoms with E-state index >= 15 is 0 Å². The predicted molar refractivity (Wildman–Crippen MR) is 73.6 cm³/mol. The summed E-state index contributed by atoms with van der Waals surface area (Å²) >= 11 is 5.99. The molecule has 0 radical (unpaired) electrons. The number of anilines is 1. The average molecular weight is 268 g/mol. The second kappa shape index (κ2) is 5.61. The molecule has 2 rings (SSSR count). The molecule has 1 aliphatic heterocycles. The van der Waals surface area contributed by atoms with E-state index in [1.807, 2.05) is 12.1 Å². The van der Waals surface area contributed by atoms with Crippen LogP contribution in [0.15, 0.2) is 18.2 Å². The molecule has 1 atom stereocenters. The van der Waals surface area contributed by atoms with Crippen molar-refractivity contribution in [1.82, 2.24) is 0 Å². The van der Waals surface area contributed by atoms with Gasteiger partial charge in [-0.3, -0.25) is 4.79 Å². The SMILES string of the molecule is CC(C(=O)O)c1cc(Cl)ccc1N1CCCCC1. The van der Waals surface area contributed by atoms with Crippen molar-refractivity contribution >= 4 is 23.3 Å². The van der Waals surface area contributed by atoms with Crippen LogP contribution in [0.2, 0.25) is 5.02 Å². The van der Waals surface area contributed by atoms with E-state index in [0.29, 0.717) is 5.02 Å². The van der Waals surface area contributed by atoms with Crippen molar-refractivity contribution < 1.29 is 9.90 Å². The van der Waals surface area contributed by atoms with Crippen LogP contribution in [0.25, 0.3) is 0 Å². The van der Waals surface area contributed by atoms with Crippen molar-refractivity contribution in [2.45, 2.75) is 32.1 Å². The fraction of sp³-hybridized carbons (Fsp3) is 0.500. The van der Waals surface area contributed by atoms with Crippen LogP contribution in [0, 0.1) is 0 Å². The van der Waals surface area contributed by atoms with E-state index in [2.05, 4.69) is 4.90 Å². The van der Waals surface area contributed by atoms with Crippen molar-refractivity contribution in [3.63, 3.8) is 0 Å². The lowest BCUT2D eigenvalue weighted by molar-refractivity contribution is -0.138. The number of halogens is 1. The van der Waals surface area contributed by atoms with Crippen molar-refractivity contribution in [3.8, 4) is 0 Å². The maximum Gasteiger partial charge on any atom is 0.310 e. The molecule has 1 aliphatic rings. The summed E-state index contributed by atoms with van der Waals surface area (Å²) in [6.45, 7) is 3.71. The molecule has 1 aromatic carbocycles. The molecule has 0 aliphatic carbocycles. The van der Waals surface area contributed by atoms with Gasteiger partial charge < -0.3 is 10.0 Å². The first kappa shape index (κ1) is 13.2. The van der Waals surface area contributed by atoms with Crippen LogP contribution in [0.5, 0.6) is 0 Å². The first-order chi connectivity index (χ1) is 8.59. The van der Waals surface area contributed by atoms with Gasteiger partial charge in [-0.15, -0.1) is 0 Å². The van der Waals surface area contributed by atoms with Crippen LogP contribution in [0.3, 0.4) is 0 Å². The van der Waals surface area contributed by atoms with Gasteiger partial charge in [-0.25, -0.2) is 0 Å². The molecule has 0 amide bonds. The number of carboxylic acid groups (broad SMARTS) is 1. The normalized spacial score (nSPS) is 17.6. The number of carboxylic acids is 1. The lowest BCUT2D eigenvalue weighted by atomic mass is 9.97. The summed E-state index contributed by atoms with van der Waals surface area (Å²) < 4.78 is 0. The van der Waals surface area contributed by atoms with Crippen LogP contribution in [-0.4, -0.2) is 24.2 Å². The molecule has 0 aromatic heterocycles. The zero-order valence-corrected chi connectivity index (χ0v) is 11.3. The Morgan fingerprint density at radius 1 is 1.33 bits per heavy atom. The van der Waals surface area contributed by atoms with Gasteiger partial charge in [0.25, 0.3) is 0 Å². The number of carbonyl (C=O) groups is 1. The molecule has 0 bridgehead atoms. The van der Waals surface area contributed by atoms with Crippen molar-refractivity contribution in [2.75, 3.05) is 18.0 Å². The summed E-state index contributed by atoms with van der Waals surface area (Å²) in [4.78, 5) is 13.5. The topological polar surface area (TPSA) is 40.5 Å². The highest BCUT2D eigenvalue weighted by atomic mass is 35.5. The van der Waals surface area contributed by atoms with Gasteiger partial charge in [0.05, 0.1) is 5.92 Å². The summed E-state index contributed by atoms with van der Waals surface area (Å²) in [7, 11) is 0. The lowest BCUT2D eigenvalue weighted by Gasteiger charge is -2.31. The molecular formula is C14H18ClNO2. The van der Waals surface area contributed by atoms with Crippen LogP contribution in [0.1, 0.15) is 37.7 Å². The molecule has 1 aromatic rings. The first-order valence-corrected chi connectivity index (χ1v) is 6.74. The van der Waals surface area contributed by atoms with Gasteiger partial charge in [0.1, 0.15) is 0 Å². The predicted octanol–water partition coefficient (Wildman–Crippen LogP) is 3.52. The monoisotopic (exact) mass is 267 g/mol. The molecule has 1 fully saturated rings. The van der Waals surface area contributed by atoms with E-state index in [4.69, 9.17) is 11.6 Å². The van der Waals surface area contributed by atoms with Crippen LogP contribution < -0.4 is 4.90 Å². The largest absolute Gasteiger partial charge is 0.481 e. The Morgan fingerprint density at radius 2 is 2.00 bits per heavy atom. The molecule has 1 saturated heterocycles. The highest BCUT2D eigenvalue weighted by molar-refractivity contribution is 6.30. The van der Waals surface area contributed by atoms with Crippen LogP contribution >= 0.6 is 11.6 Å². The van der Waals surface area contributed by atoms with Gasteiger partial charge in [-0.1, -0.05) is 11.6 Å². The maximum atomic E-state index is 11.2. The highest BCUT2D eigenvalue weighted by Gasteiger charge is 2.22. The quantitative estimate of drug-likeness (QED) is 0.911. The Hall–Kier alpha value is -1.22. The van der Waals surface area contributed by atoms with Crippen LogP contribution in [-0.2, 0) is 4.79 Å². The van der Waals surface area contributed by atoms with Gasteiger partial charge in [0.15, 0.2) is 0 Å². The number of piperidine rings is 1. The third kappa shape index (κ3) is 2.78. The second-order valence-electron chi connectivity index (χ2n) is 4.81.